The molecular formula is C13H23NO3. The Balaban J connectivity index is 2.56. The van der Waals surface area contributed by atoms with Gasteiger partial charge in [-0.15, -0.1) is 0 Å². The van der Waals surface area contributed by atoms with Gasteiger partial charge in [0.1, 0.15) is 0 Å². The molecule has 0 radical (unpaired) electrons. The highest BCUT2D eigenvalue weighted by atomic mass is 16.5. The van der Waals surface area contributed by atoms with Gasteiger partial charge in [0.05, 0.1) is 13.7 Å². The molecule has 1 N–H and O–H groups in total. The molecule has 0 amide bonds. The van der Waals surface area contributed by atoms with Crippen LogP contribution in [0.5, 0.6) is 0 Å². The lowest BCUT2D eigenvalue weighted by Gasteiger charge is -2.33. The molecule has 4 heteroatoms. The van der Waals surface area contributed by atoms with E-state index in [1.165, 1.54) is 20.0 Å². The Morgan fingerprint density at radius 2 is 2.29 bits per heavy atom. The van der Waals surface area contributed by atoms with E-state index in [-0.39, 0.29) is 18.6 Å². The van der Waals surface area contributed by atoms with Gasteiger partial charge in [-0.1, -0.05) is 19.4 Å². The summed E-state index contributed by atoms with van der Waals surface area (Å²) in [5, 5.41) is 9.29. The molecule has 1 unspecified atom stereocenters. The molecule has 1 atom stereocenters. The summed E-state index contributed by atoms with van der Waals surface area (Å²) >= 11 is 0. The zero-order valence-corrected chi connectivity index (χ0v) is 10.8. The van der Waals surface area contributed by atoms with Gasteiger partial charge in [-0.25, -0.2) is 4.79 Å². The monoisotopic (exact) mass is 241 g/mol. The standard InChI is InChI=1S/C13H23NO3/c1-3-11(13(16)17-2)7-9-14-8-5-4-6-12(14)10-15/h7,12,15H,3-6,8-10H2,1-2H3. The van der Waals surface area contributed by atoms with Gasteiger partial charge in [0.15, 0.2) is 0 Å². The number of hydrogen-bond acceptors (Lipinski definition) is 4. The molecule has 4 nitrogen and oxygen atoms in total. The Bertz CT molecular complexity index is 276. The minimum atomic E-state index is -0.245. The molecule has 1 saturated heterocycles. The summed E-state index contributed by atoms with van der Waals surface area (Å²) in [6, 6.07) is 0.246. The lowest BCUT2D eigenvalue weighted by Crippen LogP contribution is -2.41. The number of ether oxygens (including phenoxy) is 1. The lowest BCUT2D eigenvalue weighted by atomic mass is 10.0. The number of aliphatic hydroxyl groups is 1. The summed E-state index contributed by atoms with van der Waals surface area (Å²) in [7, 11) is 1.41. The fourth-order valence-corrected chi connectivity index (χ4v) is 2.24. The van der Waals surface area contributed by atoms with Crippen molar-refractivity contribution in [1.29, 1.82) is 0 Å². The largest absolute Gasteiger partial charge is 0.466 e. The first kappa shape index (κ1) is 14.2. The van der Waals surface area contributed by atoms with E-state index in [2.05, 4.69) is 4.90 Å². The van der Waals surface area contributed by atoms with Crippen molar-refractivity contribution in [3.8, 4) is 0 Å². The van der Waals surface area contributed by atoms with Gasteiger partial charge in [0.25, 0.3) is 0 Å². The molecule has 0 bridgehead atoms. The molecule has 0 aromatic carbocycles. The second kappa shape index (κ2) is 7.45. The van der Waals surface area contributed by atoms with Crippen LogP contribution in [0.4, 0.5) is 0 Å². The third kappa shape index (κ3) is 4.13. The average Bonchev–Trinajstić information content (AvgIpc) is 2.39. The van der Waals surface area contributed by atoms with Gasteiger partial charge >= 0.3 is 5.97 Å². The first-order valence-electron chi connectivity index (χ1n) is 6.35. The quantitative estimate of drug-likeness (QED) is 0.583. The van der Waals surface area contributed by atoms with Crippen molar-refractivity contribution in [3.63, 3.8) is 0 Å². The summed E-state index contributed by atoms with van der Waals surface area (Å²) in [6.07, 6.45) is 6.02. The van der Waals surface area contributed by atoms with Crippen molar-refractivity contribution in [2.45, 2.75) is 38.6 Å². The van der Waals surface area contributed by atoms with Gasteiger partial charge in [0, 0.05) is 18.2 Å². The SMILES string of the molecule is CCC(=CCN1CCCCC1CO)C(=O)OC. The molecule has 0 aromatic rings. The van der Waals surface area contributed by atoms with Crippen LogP contribution in [0.15, 0.2) is 11.6 Å². The zero-order chi connectivity index (χ0) is 12.7. The van der Waals surface area contributed by atoms with E-state index >= 15 is 0 Å². The zero-order valence-electron chi connectivity index (χ0n) is 10.8. The van der Waals surface area contributed by atoms with Gasteiger partial charge in [-0.05, 0) is 25.8 Å². The van der Waals surface area contributed by atoms with E-state index in [0.717, 1.165) is 25.1 Å². The van der Waals surface area contributed by atoms with Crippen LogP contribution >= 0.6 is 0 Å². The molecule has 1 aliphatic rings. The molecule has 17 heavy (non-hydrogen) atoms. The molecule has 1 fully saturated rings. The summed E-state index contributed by atoms with van der Waals surface area (Å²) in [6.45, 7) is 3.87. The number of rotatable bonds is 5. The molecule has 0 aromatic heterocycles. The third-order valence-corrected chi connectivity index (χ3v) is 3.36. The molecule has 0 spiro atoms. The van der Waals surface area contributed by atoms with Crippen LogP contribution in [-0.2, 0) is 9.53 Å². The van der Waals surface area contributed by atoms with Crippen LogP contribution in [0.3, 0.4) is 0 Å². The van der Waals surface area contributed by atoms with E-state index in [0.29, 0.717) is 6.42 Å². The van der Waals surface area contributed by atoms with E-state index in [1.54, 1.807) is 0 Å². The molecule has 98 valence electrons. The number of aliphatic hydroxyl groups excluding tert-OH is 1. The van der Waals surface area contributed by atoms with Gasteiger partial charge in [-0.2, -0.15) is 0 Å². The summed E-state index contributed by atoms with van der Waals surface area (Å²) < 4.78 is 4.72. The number of carbonyl (C=O) groups excluding carboxylic acids is 1. The van der Waals surface area contributed by atoms with E-state index in [4.69, 9.17) is 4.74 Å². The van der Waals surface area contributed by atoms with E-state index < -0.39 is 0 Å². The number of esters is 1. The van der Waals surface area contributed by atoms with Crippen molar-refractivity contribution in [1.82, 2.24) is 4.90 Å². The van der Waals surface area contributed by atoms with E-state index in [1.807, 2.05) is 13.0 Å². The van der Waals surface area contributed by atoms with E-state index in [9.17, 15) is 9.90 Å². The van der Waals surface area contributed by atoms with Crippen molar-refractivity contribution in [3.05, 3.63) is 11.6 Å². The minimum absolute atomic E-state index is 0.202. The highest BCUT2D eigenvalue weighted by Crippen LogP contribution is 2.16. The summed E-state index contributed by atoms with van der Waals surface area (Å²) in [4.78, 5) is 13.6. The molecule has 1 heterocycles. The highest BCUT2D eigenvalue weighted by molar-refractivity contribution is 5.88. The van der Waals surface area contributed by atoms with Crippen LogP contribution in [0.2, 0.25) is 0 Å². The van der Waals surface area contributed by atoms with Crippen molar-refractivity contribution in [2.75, 3.05) is 26.8 Å². The number of methoxy groups -OCH3 is 1. The maximum Gasteiger partial charge on any atom is 0.333 e. The fraction of sp³-hybridized carbons (Fsp3) is 0.769. The first-order chi connectivity index (χ1) is 8.22. The maximum absolute atomic E-state index is 11.4. The van der Waals surface area contributed by atoms with Crippen molar-refractivity contribution >= 4 is 5.97 Å². The molecule has 0 aliphatic carbocycles. The number of likely N-dealkylation sites (tertiary alicyclic amines) is 1. The summed E-state index contributed by atoms with van der Waals surface area (Å²) in [5.41, 5.74) is 0.717. The lowest BCUT2D eigenvalue weighted by molar-refractivity contribution is -0.136. The normalized spacial score (nSPS) is 22.5. The van der Waals surface area contributed by atoms with Gasteiger partial charge in [-0.3, -0.25) is 4.90 Å². The van der Waals surface area contributed by atoms with Crippen molar-refractivity contribution < 1.29 is 14.6 Å². The third-order valence-electron chi connectivity index (χ3n) is 3.36. The number of nitrogens with zero attached hydrogens (tertiary/aromatic N) is 1. The van der Waals surface area contributed by atoms with Crippen LogP contribution in [-0.4, -0.2) is 48.8 Å². The number of hydrogen-bond donors (Lipinski definition) is 1. The molecule has 0 saturated carbocycles. The first-order valence-corrected chi connectivity index (χ1v) is 6.35. The predicted molar refractivity (Wildman–Crippen MR) is 66.7 cm³/mol. The van der Waals surface area contributed by atoms with Crippen LogP contribution in [0.1, 0.15) is 32.6 Å². The van der Waals surface area contributed by atoms with Crippen molar-refractivity contribution in [2.24, 2.45) is 0 Å². The Hall–Kier alpha value is -0.870. The Morgan fingerprint density at radius 1 is 1.53 bits per heavy atom. The molecule has 1 rings (SSSR count). The minimum Gasteiger partial charge on any atom is -0.466 e. The Labute approximate surface area is 103 Å². The predicted octanol–water partition coefficient (Wildman–Crippen LogP) is 1.34. The number of carbonyl (C=O) groups is 1. The summed E-state index contributed by atoms with van der Waals surface area (Å²) in [5.74, 6) is -0.245. The van der Waals surface area contributed by atoms with Gasteiger partial charge in [0.2, 0.25) is 0 Å². The van der Waals surface area contributed by atoms with Crippen LogP contribution in [0.25, 0.3) is 0 Å². The molecular weight excluding hydrogens is 218 g/mol. The highest BCUT2D eigenvalue weighted by Gasteiger charge is 2.20. The number of piperidine rings is 1. The second-order valence-corrected chi connectivity index (χ2v) is 4.40. The molecule has 1 aliphatic heterocycles. The smallest absolute Gasteiger partial charge is 0.333 e. The maximum atomic E-state index is 11.4. The van der Waals surface area contributed by atoms with Gasteiger partial charge < -0.3 is 9.84 Å². The fourth-order valence-electron chi connectivity index (χ4n) is 2.24. The Kier molecular flexibility index (Phi) is 6.22. The topological polar surface area (TPSA) is 49.8 Å². The Morgan fingerprint density at radius 3 is 2.88 bits per heavy atom. The second-order valence-electron chi connectivity index (χ2n) is 4.40. The van der Waals surface area contributed by atoms with Crippen LogP contribution < -0.4 is 0 Å². The average molecular weight is 241 g/mol. The van der Waals surface area contributed by atoms with Crippen LogP contribution in [0, 0.1) is 0 Å².